The number of hydrogen-bond acceptors (Lipinski definition) is 10. The van der Waals surface area contributed by atoms with Crippen molar-refractivity contribution in [2.24, 2.45) is 5.73 Å². The molecule has 0 aliphatic carbocycles. The lowest BCUT2D eigenvalue weighted by Crippen LogP contribution is -2.44. The fourth-order valence-corrected chi connectivity index (χ4v) is 4.23. The average molecular weight is 666 g/mol. The molecule has 0 spiro atoms. The summed E-state index contributed by atoms with van der Waals surface area (Å²) < 4.78 is 31.2. The van der Waals surface area contributed by atoms with Gasteiger partial charge in [0.05, 0.1) is 16.9 Å². The number of rotatable bonds is 7. The molecule has 1 atom stereocenters. The summed E-state index contributed by atoms with van der Waals surface area (Å²) in [6.45, 7) is 10.9. The van der Waals surface area contributed by atoms with E-state index in [1.165, 1.54) is 31.3 Å². The lowest BCUT2D eigenvalue weighted by atomic mass is 10.1. The number of nitrogens with two attached hydrogens (primary N) is 1. The zero-order chi connectivity index (χ0) is 33.9. The number of imide groups is 1. The molecular formula is C29H31Cl2FN6O7. The molecule has 3 rings (SSSR count). The zero-order valence-corrected chi connectivity index (χ0v) is 26.9. The van der Waals surface area contributed by atoms with Crippen molar-refractivity contribution < 1.29 is 37.8 Å². The number of benzene rings is 1. The molecule has 0 fully saturated rings. The Kier molecular flexibility index (Phi) is 10.6. The predicted octanol–water partition coefficient (Wildman–Crippen LogP) is 6.49. The average Bonchev–Trinajstić information content (AvgIpc) is 2.90. The van der Waals surface area contributed by atoms with Crippen molar-refractivity contribution in [2.45, 2.75) is 65.8 Å². The first kappa shape index (κ1) is 34.9. The second-order valence-corrected chi connectivity index (χ2v) is 12.3. The van der Waals surface area contributed by atoms with E-state index in [2.05, 4.69) is 20.5 Å². The number of hydrogen-bond donors (Lipinski definition) is 2. The molecule has 1 aromatic carbocycles. The molecule has 2 aromatic heterocycles. The minimum absolute atomic E-state index is 0.0270. The summed E-state index contributed by atoms with van der Waals surface area (Å²) in [4.78, 5) is 55.5. The van der Waals surface area contributed by atoms with Gasteiger partial charge in [0, 0.05) is 16.7 Å². The maximum absolute atomic E-state index is 14.4. The Labute approximate surface area is 268 Å². The van der Waals surface area contributed by atoms with Crippen molar-refractivity contribution in [2.75, 3.05) is 10.2 Å². The molecule has 45 heavy (non-hydrogen) atoms. The van der Waals surface area contributed by atoms with Crippen LogP contribution in [0.4, 0.5) is 25.5 Å². The number of halogens is 3. The maximum Gasteiger partial charge on any atom is 0.425 e. The first-order valence-corrected chi connectivity index (χ1v) is 14.0. The van der Waals surface area contributed by atoms with Crippen LogP contribution in [0.2, 0.25) is 10.0 Å². The van der Waals surface area contributed by atoms with Gasteiger partial charge in [-0.15, -0.1) is 10.2 Å². The van der Waals surface area contributed by atoms with Gasteiger partial charge >= 0.3 is 12.2 Å². The van der Waals surface area contributed by atoms with E-state index in [4.69, 9.17) is 43.1 Å². The molecule has 0 aliphatic heterocycles. The fourth-order valence-electron chi connectivity index (χ4n) is 3.56. The summed E-state index contributed by atoms with van der Waals surface area (Å²) in [5.74, 6) is -3.22. The summed E-state index contributed by atoms with van der Waals surface area (Å²) in [6, 6.07) is 6.11. The van der Waals surface area contributed by atoms with Gasteiger partial charge in [-0.2, -0.15) is 4.90 Å². The van der Waals surface area contributed by atoms with Crippen LogP contribution in [0.15, 0.2) is 36.5 Å². The van der Waals surface area contributed by atoms with E-state index >= 15 is 0 Å². The number of aromatic nitrogens is 3. The van der Waals surface area contributed by atoms with E-state index in [-0.39, 0.29) is 38.4 Å². The third-order valence-electron chi connectivity index (χ3n) is 5.40. The molecule has 0 aliphatic rings. The number of nitrogens with zero attached hydrogens (tertiary/aromatic N) is 4. The monoisotopic (exact) mass is 664 g/mol. The summed E-state index contributed by atoms with van der Waals surface area (Å²) in [6.07, 6.45) is -2.31. The number of pyridine rings is 1. The molecule has 0 radical (unpaired) electrons. The van der Waals surface area contributed by atoms with Crippen LogP contribution in [0.5, 0.6) is 5.75 Å². The topological polar surface area (TPSA) is 176 Å². The van der Waals surface area contributed by atoms with Crippen molar-refractivity contribution in [1.82, 2.24) is 15.2 Å². The lowest BCUT2D eigenvalue weighted by Gasteiger charge is -2.29. The van der Waals surface area contributed by atoms with Crippen LogP contribution in [0, 0.1) is 5.82 Å². The van der Waals surface area contributed by atoms with Crippen LogP contribution in [-0.4, -0.2) is 50.4 Å². The molecule has 240 valence electrons. The van der Waals surface area contributed by atoms with Crippen LogP contribution in [0.1, 0.15) is 81.1 Å². The Morgan fingerprint density at radius 3 is 2.04 bits per heavy atom. The molecule has 0 saturated heterocycles. The quantitative estimate of drug-likeness (QED) is 0.266. The van der Waals surface area contributed by atoms with Gasteiger partial charge in [0.1, 0.15) is 28.8 Å². The van der Waals surface area contributed by atoms with E-state index in [1.807, 2.05) is 0 Å². The number of primary amides is 1. The van der Waals surface area contributed by atoms with E-state index in [1.54, 1.807) is 41.5 Å². The Hall–Kier alpha value is -4.56. The highest BCUT2D eigenvalue weighted by Gasteiger charge is 2.37. The number of anilines is 2. The van der Waals surface area contributed by atoms with Crippen molar-refractivity contribution in [3.05, 3.63) is 69.3 Å². The molecule has 0 bridgehead atoms. The number of amides is 4. The van der Waals surface area contributed by atoms with Gasteiger partial charge in [0.15, 0.2) is 11.4 Å². The van der Waals surface area contributed by atoms with E-state index in [9.17, 15) is 23.6 Å². The van der Waals surface area contributed by atoms with Crippen molar-refractivity contribution in [1.29, 1.82) is 0 Å². The molecule has 3 aromatic rings. The van der Waals surface area contributed by atoms with Crippen LogP contribution in [-0.2, 0) is 9.47 Å². The fraction of sp³-hybridized carbons (Fsp3) is 0.345. The van der Waals surface area contributed by atoms with Crippen molar-refractivity contribution in [3.8, 4) is 5.75 Å². The number of carbonyl (C=O) groups excluding carboxylic acids is 4. The highest BCUT2D eigenvalue weighted by molar-refractivity contribution is 6.36. The molecule has 0 saturated carbocycles. The maximum atomic E-state index is 14.4. The van der Waals surface area contributed by atoms with Gasteiger partial charge in [0.25, 0.3) is 11.8 Å². The smallest absolute Gasteiger partial charge is 0.425 e. The predicted molar refractivity (Wildman–Crippen MR) is 163 cm³/mol. The summed E-state index contributed by atoms with van der Waals surface area (Å²) in [5, 5.41) is 10.1. The normalized spacial score (nSPS) is 12.1. The van der Waals surface area contributed by atoms with E-state index in [0.717, 1.165) is 12.1 Å². The molecule has 16 heteroatoms. The summed E-state index contributed by atoms with van der Waals surface area (Å²) in [7, 11) is 0. The summed E-state index contributed by atoms with van der Waals surface area (Å²) in [5.41, 5.74) is 2.93. The van der Waals surface area contributed by atoms with Crippen molar-refractivity contribution >= 4 is 58.7 Å². The van der Waals surface area contributed by atoms with Crippen LogP contribution >= 0.6 is 23.2 Å². The molecule has 1 unspecified atom stereocenters. The first-order valence-electron chi connectivity index (χ1n) is 13.3. The highest BCUT2D eigenvalue weighted by atomic mass is 35.5. The van der Waals surface area contributed by atoms with Crippen molar-refractivity contribution in [3.63, 3.8) is 0 Å². The van der Waals surface area contributed by atoms with E-state index < -0.39 is 52.9 Å². The third-order valence-corrected chi connectivity index (χ3v) is 6.11. The third kappa shape index (κ3) is 9.22. The van der Waals surface area contributed by atoms with E-state index in [0.29, 0.717) is 4.90 Å². The van der Waals surface area contributed by atoms with Gasteiger partial charge in [-0.1, -0.05) is 23.2 Å². The first-order chi connectivity index (χ1) is 20.8. The van der Waals surface area contributed by atoms with Gasteiger partial charge in [-0.3, -0.25) is 9.59 Å². The molecule has 13 nitrogen and oxygen atoms in total. The Morgan fingerprint density at radius 2 is 1.53 bits per heavy atom. The second kappa shape index (κ2) is 13.6. The Balaban J connectivity index is 2.14. The molecule has 4 amide bonds. The standard InChI is InChI=1S/C29H31Cl2FN6O7/c1-14(21-16(30)9-10-17(32)22(21)31)43-20-12-19(25(40)35-15-8-11-18(23(33)39)34-13-15)36-37-24(20)38(26(41)44-28(2,3)4)27(42)45-29(5,6)7/h8-14H,1-7H3,(H2,33,39)(H,35,40). The minimum Gasteiger partial charge on any atom is -0.482 e. The summed E-state index contributed by atoms with van der Waals surface area (Å²) >= 11 is 12.5. The highest BCUT2D eigenvalue weighted by Crippen LogP contribution is 2.38. The number of nitrogens with one attached hydrogen (secondary N) is 1. The van der Waals surface area contributed by atoms with Crippen LogP contribution < -0.4 is 20.7 Å². The van der Waals surface area contributed by atoms with Gasteiger partial charge in [-0.05, 0) is 72.7 Å². The molecule has 2 heterocycles. The Bertz CT molecular complexity index is 1600. The minimum atomic E-state index is -1.19. The van der Waals surface area contributed by atoms with Gasteiger partial charge in [-0.25, -0.2) is 19.0 Å². The van der Waals surface area contributed by atoms with Gasteiger partial charge < -0.3 is 25.3 Å². The SMILES string of the molecule is CC(Oc1cc(C(=O)Nc2ccc(C(N)=O)nc2)nnc1N(C(=O)OC(C)(C)C)C(=O)OC(C)(C)C)c1c(Cl)ccc(F)c1Cl. The second-order valence-electron chi connectivity index (χ2n) is 11.5. The molecule has 3 N–H and O–H groups in total. The lowest BCUT2D eigenvalue weighted by molar-refractivity contribution is 0.0425. The number of carbonyl (C=O) groups is 4. The van der Waals surface area contributed by atoms with Gasteiger partial charge in [0.2, 0.25) is 5.82 Å². The largest absolute Gasteiger partial charge is 0.482 e. The van der Waals surface area contributed by atoms with Crippen LogP contribution in [0.25, 0.3) is 0 Å². The molecular weight excluding hydrogens is 634 g/mol. The zero-order valence-electron chi connectivity index (χ0n) is 25.4. The number of ether oxygens (including phenoxy) is 3. The Morgan fingerprint density at radius 1 is 0.933 bits per heavy atom. The van der Waals surface area contributed by atoms with Crippen LogP contribution in [0.3, 0.4) is 0 Å².